The number of pyridine rings is 1. The highest BCUT2D eigenvalue weighted by molar-refractivity contribution is 6.38. The number of nitrogens with zero attached hydrogens (tertiary/aromatic N) is 2. The molecule has 1 aliphatic carbocycles. The molecule has 2 aromatic rings. The topological polar surface area (TPSA) is 118 Å². The Labute approximate surface area is 163 Å². The summed E-state index contributed by atoms with van der Waals surface area (Å²) in [6, 6.07) is 0.513. The molecule has 0 radical (unpaired) electrons. The van der Waals surface area contributed by atoms with Crippen LogP contribution in [0.3, 0.4) is 0 Å². The Bertz CT molecular complexity index is 1070. The van der Waals surface area contributed by atoms with Gasteiger partial charge in [-0.2, -0.15) is 0 Å². The van der Waals surface area contributed by atoms with E-state index in [0.717, 1.165) is 18.9 Å². The second-order valence-corrected chi connectivity index (χ2v) is 7.56. The Morgan fingerprint density at radius 1 is 1.36 bits per heavy atom. The summed E-state index contributed by atoms with van der Waals surface area (Å²) in [4.78, 5) is 37.3. The number of nitrogens with two attached hydrogens (primary N) is 1. The van der Waals surface area contributed by atoms with E-state index in [4.69, 9.17) is 17.3 Å². The molecule has 4 N–H and O–H groups in total. The predicted molar refractivity (Wildman–Crippen MR) is 101 cm³/mol. The zero-order valence-electron chi connectivity index (χ0n) is 14.7. The minimum atomic E-state index is -1.37. The van der Waals surface area contributed by atoms with Crippen molar-refractivity contribution in [3.63, 3.8) is 0 Å². The molecule has 0 bridgehead atoms. The number of aromatic carboxylic acids is 1. The summed E-state index contributed by atoms with van der Waals surface area (Å²) in [5.41, 5.74) is 5.06. The minimum Gasteiger partial charge on any atom is -0.477 e. The first-order valence-corrected chi connectivity index (χ1v) is 9.23. The Hall–Kier alpha value is -2.65. The van der Waals surface area contributed by atoms with Crippen LogP contribution in [0.1, 0.15) is 35.7 Å². The van der Waals surface area contributed by atoms with Gasteiger partial charge in [-0.15, -0.1) is 0 Å². The summed E-state index contributed by atoms with van der Waals surface area (Å²) in [5, 5.41) is 11.9. The monoisotopic (exact) mass is 408 g/mol. The summed E-state index contributed by atoms with van der Waals surface area (Å²) in [6.07, 6.45) is 3.00. The fraction of sp³-hybridized carbons (Fsp3) is 0.389. The summed E-state index contributed by atoms with van der Waals surface area (Å²) in [6.45, 7) is 0.220. The van der Waals surface area contributed by atoms with E-state index in [1.165, 1.54) is 11.1 Å². The van der Waals surface area contributed by atoms with E-state index in [0.29, 0.717) is 5.52 Å². The third-order valence-electron chi connectivity index (χ3n) is 5.04. The Balaban J connectivity index is 1.96. The van der Waals surface area contributed by atoms with Gasteiger partial charge in [0.05, 0.1) is 28.3 Å². The lowest BCUT2D eigenvalue weighted by atomic mass is 10.1. The average molecular weight is 409 g/mol. The van der Waals surface area contributed by atoms with E-state index >= 15 is 4.39 Å². The van der Waals surface area contributed by atoms with E-state index in [2.05, 4.69) is 5.32 Å². The molecule has 1 saturated carbocycles. The van der Waals surface area contributed by atoms with Gasteiger partial charge in [0.25, 0.3) is 0 Å². The number of rotatable bonds is 3. The molecular formula is C18H18ClFN4O4. The smallest absolute Gasteiger partial charge is 0.341 e. The van der Waals surface area contributed by atoms with Crippen molar-refractivity contribution < 1.29 is 19.1 Å². The number of carbonyl (C=O) groups is 2. The lowest BCUT2D eigenvalue weighted by molar-refractivity contribution is -0.120. The maximum absolute atomic E-state index is 15.0. The van der Waals surface area contributed by atoms with Crippen molar-refractivity contribution in [2.45, 2.75) is 31.3 Å². The molecule has 1 saturated heterocycles. The van der Waals surface area contributed by atoms with Crippen molar-refractivity contribution in [2.24, 2.45) is 5.73 Å². The largest absolute Gasteiger partial charge is 0.477 e. The van der Waals surface area contributed by atoms with Crippen LogP contribution >= 0.6 is 11.6 Å². The Morgan fingerprint density at radius 3 is 2.71 bits per heavy atom. The minimum absolute atomic E-state index is 0.000659. The van der Waals surface area contributed by atoms with Gasteiger partial charge < -0.3 is 25.6 Å². The van der Waals surface area contributed by atoms with Crippen LogP contribution in [0.15, 0.2) is 17.1 Å². The van der Waals surface area contributed by atoms with Crippen LogP contribution in [0.25, 0.3) is 10.9 Å². The van der Waals surface area contributed by atoms with Crippen LogP contribution in [-0.4, -0.2) is 40.8 Å². The second-order valence-electron chi connectivity index (χ2n) is 7.18. The second kappa shape index (κ2) is 6.75. The quantitative estimate of drug-likeness (QED) is 0.707. The van der Waals surface area contributed by atoms with Crippen LogP contribution in [0, 0.1) is 5.82 Å². The standard InChI is InChI=1S/C18H18ClFN4O4/c19-14-15-10(17(26)11(18(27)28)6-24(15)9-1-2-9)4-12(20)16(14)23-5-8(21)3-13(25)22-7-23/h4,6,8-9H,1-3,5,7,21H2,(H,22,25)(H,27,28)/t8-/m1/s1. The molecule has 1 atom stereocenters. The lowest BCUT2D eigenvalue weighted by Gasteiger charge is -2.27. The van der Waals surface area contributed by atoms with Crippen molar-refractivity contribution in [3.05, 3.63) is 38.9 Å². The molecule has 148 valence electrons. The number of carboxylic acids is 1. The number of carbonyl (C=O) groups excluding carboxylic acids is 1. The molecule has 2 aliphatic rings. The van der Waals surface area contributed by atoms with E-state index in [1.54, 1.807) is 4.57 Å². The van der Waals surface area contributed by atoms with Gasteiger partial charge in [-0.25, -0.2) is 9.18 Å². The first kappa shape index (κ1) is 18.7. The molecule has 10 heteroatoms. The van der Waals surface area contributed by atoms with Gasteiger partial charge >= 0.3 is 5.97 Å². The number of aromatic nitrogens is 1. The number of anilines is 1. The average Bonchev–Trinajstić information content (AvgIpc) is 3.45. The number of halogens is 2. The maximum Gasteiger partial charge on any atom is 0.341 e. The third kappa shape index (κ3) is 3.10. The van der Waals surface area contributed by atoms with Crippen molar-refractivity contribution in [1.29, 1.82) is 0 Å². The number of carboxylic acid groups (broad SMARTS) is 1. The number of fused-ring (bicyclic) bond motifs is 1. The summed E-state index contributed by atoms with van der Waals surface area (Å²) >= 11 is 6.56. The third-order valence-corrected chi connectivity index (χ3v) is 5.40. The van der Waals surface area contributed by atoms with Gasteiger partial charge in [0.1, 0.15) is 11.4 Å². The highest BCUT2D eigenvalue weighted by Gasteiger charge is 2.31. The van der Waals surface area contributed by atoms with Gasteiger partial charge in [-0.3, -0.25) is 9.59 Å². The van der Waals surface area contributed by atoms with Crippen LogP contribution in [0.5, 0.6) is 0 Å². The molecule has 1 aromatic carbocycles. The number of amides is 1. The molecule has 0 unspecified atom stereocenters. The summed E-state index contributed by atoms with van der Waals surface area (Å²) < 4.78 is 16.6. The Kier molecular flexibility index (Phi) is 4.51. The number of hydrogen-bond donors (Lipinski definition) is 3. The lowest BCUT2D eigenvalue weighted by Crippen LogP contribution is -2.38. The van der Waals surface area contributed by atoms with Crippen LogP contribution < -0.4 is 21.4 Å². The van der Waals surface area contributed by atoms with E-state index in [-0.39, 0.29) is 47.7 Å². The van der Waals surface area contributed by atoms with Crippen molar-refractivity contribution in [1.82, 2.24) is 9.88 Å². The number of hydrogen-bond acceptors (Lipinski definition) is 5. The van der Waals surface area contributed by atoms with E-state index in [1.807, 2.05) is 0 Å². The normalized spacial score (nSPS) is 20.2. The molecule has 2 fully saturated rings. The molecular weight excluding hydrogens is 391 g/mol. The van der Waals surface area contributed by atoms with Gasteiger partial charge in [-0.1, -0.05) is 11.6 Å². The molecule has 4 rings (SSSR count). The van der Waals surface area contributed by atoms with Crippen molar-refractivity contribution in [2.75, 3.05) is 18.1 Å². The molecule has 8 nitrogen and oxygen atoms in total. The highest BCUT2D eigenvalue weighted by atomic mass is 35.5. The van der Waals surface area contributed by atoms with Crippen LogP contribution in [-0.2, 0) is 4.79 Å². The number of benzene rings is 1. The van der Waals surface area contributed by atoms with Crippen molar-refractivity contribution in [3.8, 4) is 0 Å². The first-order chi connectivity index (χ1) is 13.3. The van der Waals surface area contributed by atoms with Gasteiger partial charge in [0.15, 0.2) is 0 Å². The fourth-order valence-corrected chi connectivity index (χ4v) is 4.00. The van der Waals surface area contributed by atoms with Gasteiger partial charge in [-0.05, 0) is 18.9 Å². The summed E-state index contributed by atoms with van der Waals surface area (Å²) in [5.74, 6) is -2.39. The number of nitrogens with one attached hydrogen (secondary N) is 1. The van der Waals surface area contributed by atoms with Crippen LogP contribution in [0.4, 0.5) is 10.1 Å². The fourth-order valence-electron chi connectivity index (χ4n) is 3.59. The van der Waals surface area contributed by atoms with E-state index < -0.39 is 28.8 Å². The maximum atomic E-state index is 15.0. The highest BCUT2D eigenvalue weighted by Crippen LogP contribution is 2.42. The molecule has 1 amide bonds. The Morgan fingerprint density at radius 2 is 2.07 bits per heavy atom. The van der Waals surface area contributed by atoms with Gasteiger partial charge in [0, 0.05) is 31.2 Å². The molecule has 2 heterocycles. The summed E-state index contributed by atoms with van der Waals surface area (Å²) in [7, 11) is 0. The van der Waals surface area contributed by atoms with Gasteiger partial charge in [0.2, 0.25) is 11.3 Å². The SMILES string of the molecule is N[C@@H]1CC(=O)NCN(c2c(F)cc3c(=O)c(C(=O)O)cn(C4CC4)c3c2Cl)C1. The molecule has 0 spiro atoms. The van der Waals surface area contributed by atoms with Crippen LogP contribution in [0.2, 0.25) is 5.02 Å². The zero-order chi connectivity index (χ0) is 20.2. The molecule has 28 heavy (non-hydrogen) atoms. The van der Waals surface area contributed by atoms with E-state index in [9.17, 15) is 19.5 Å². The van der Waals surface area contributed by atoms with Crippen molar-refractivity contribution >= 4 is 40.1 Å². The molecule has 1 aromatic heterocycles. The predicted octanol–water partition coefficient (Wildman–Crippen LogP) is 1.44. The zero-order valence-corrected chi connectivity index (χ0v) is 15.5. The first-order valence-electron chi connectivity index (χ1n) is 8.85. The molecule has 1 aliphatic heterocycles.